The van der Waals surface area contributed by atoms with Crippen LogP contribution in [-0.2, 0) is 4.74 Å². The second-order valence-electron chi connectivity index (χ2n) is 9.39. The molecule has 10 nitrogen and oxygen atoms in total. The highest BCUT2D eigenvalue weighted by molar-refractivity contribution is 5.88. The van der Waals surface area contributed by atoms with E-state index >= 15 is 0 Å². The van der Waals surface area contributed by atoms with Crippen molar-refractivity contribution in [3.05, 3.63) is 48.5 Å². The Balaban J connectivity index is 1.26. The van der Waals surface area contributed by atoms with Gasteiger partial charge in [0.15, 0.2) is 0 Å². The van der Waals surface area contributed by atoms with Crippen molar-refractivity contribution in [3.63, 3.8) is 0 Å². The molecule has 2 saturated heterocycles. The molecule has 0 saturated carbocycles. The van der Waals surface area contributed by atoms with E-state index < -0.39 is 6.23 Å². The number of urea groups is 1. The van der Waals surface area contributed by atoms with E-state index in [9.17, 15) is 9.90 Å². The number of anilines is 1. The van der Waals surface area contributed by atoms with Gasteiger partial charge in [-0.05, 0) is 31.5 Å². The van der Waals surface area contributed by atoms with Crippen LogP contribution >= 0.6 is 0 Å². The Hall–Kier alpha value is -3.50. The summed E-state index contributed by atoms with van der Waals surface area (Å²) < 4.78 is 13.2. The van der Waals surface area contributed by atoms with Crippen molar-refractivity contribution in [2.24, 2.45) is 5.41 Å². The third-order valence-corrected chi connectivity index (χ3v) is 6.38. The number of carbonyl (C=O) groups excluding carboxylic acids is 1. The zero-order valence-corrected chi connectivity index (χ0v) is 19.4. The van der Waals surface area contributed by atoms with Gasteiger partial charge in [0.25, 0.3) is 0 Å². The van der Waals surface area contributed by atoms with Crippen LogP contribution in [0.4, 0.5) is 10.6 Å². The van der Waals surface area contributed by atoms with Crippen LogP contribution in [0.5, 0.6) is 11.5 Å². The number of aliphatic hydroxyl groups is 1. The average molecular weight is 465 g/mol. The minimum atomic E-state index is -0.828. The first-order valence-electron chi connectivity index (χ1n) is 11.3. The second kappa shape index (κ2) is 8.69. The number of ether oxygens (including phenoxy) is 2. The SMILES string of the molecule is Cc1nc(NC(=O)N2CCC(C)(C)C2O)ccc1Oc1ccnc(-c2cnn(C3COC3)c2)c1. The molecule has 0 spiro atoms. The zero-order valence-electron chi connectivity index (χ0n) is 19.4. The van der Waals surface area contributed by atoms with Crippen LogP contribution in [0.3, 0.4) is 0 Å². The van der Waals surface area contributed by atoms with Crippen molar-refractivity contribution in [2.45, 2.75) is 39.5 Å². The standard InChI is InChI=1S/C24H28N6O4/c1-15-20(4-5-21(27-15)28-23(32)29-9-7-24(2,3)22(29)31)34-18-6-8-25-19(10-18)16-11-26-30(12-16)17-13-33-14-17/h4-6,8,10-12,17,22,31H,7,9,13-14H2,1-3H3,(H,27,28,32). The Morgan fingerprint density at radius 1 is 1.29 bits per heavy atom. The normalized spacial score (nSPS) is 19.6. The van der Waals surface area contributed by atoms with E-state index in [-0.39, 0.29) is 17.5 Å². The molecule has 2 N–H and O–H groups in total. The highest BCUT2D eigenvalue weighted by Crippen LogP contribution is 2.35. The molecule has 2 fully saturated rings. The van der Waals surface area contributed by atoms with E-state index in [1.54, 1.807) is 30.6 Å². The molecule has 2 amide bonds. The maximum absolute atomic E-state index is 12.6. The number of aromatic nitrogens is 4. The van der Waals surface area contributed by atoms with Gasteiger partial charge in [0.05, 0.1) is 36.8 Å². The minimum Gasteiger partial charge on any atom is -0.455 e. The summed E-state index contributed by atoms with van der Waals surface area (Å²) in [6.07, 6.45) is 5.35. The fourth-order valence-corrected chi connectivity index (χ4v) is 4.01. The van der Waals surface area contributed by atoms with Crippen LogP contribution in [0.15, 0.2) is 42.9 Å². The van der Waals surface area contributed by atoms with E-state index in [1.807, 2.05) is 37.7 Å². The topological polar surface area (TPSA) is 115 Å². The lowest BCUT2D eigenvalue weighted by atomic mass is 9.91. The van der Waals surface area contributed by atoms with E-state index in [0.717, 1.165) is 17.7 Å². The molecule has 0 radical (unpaired) electrons. The van der Waals surface area contributed by atoms with Crippen molar-refractivity contribution < 1.29 is 19.4 Å². The molecule has 10 heteroatoms. The number of likely N-dealkylation sites (tertiary alicyclic amines) is 1. The van der Waals surface area contributed by atoms with Crippen molar-refractivity contribution in [1.29, 1.82) is 0 Å². The zero-order chi connectivity index (χ0) is 23.9. The van der Waals surface area contributed by atoms with Gasteiger partial charge < -0.3 is 14.6 Å². The second-order valence-corrected chi connectivity index (χ2v) is 9.39. The summed E-state index contributed by atoms with van der Waals surface area (Å²) in [5.41, 5.74) is 1.95. The lowest BCUT2D eigenvalue weighted by Gasteiger charge is -2.27. The Morgan fingerprint density at radius 2 is 2.12 bits per heavy atom. The predicted molar refractivity (Wildman–Crippen MR) is 124 cm³/mol. The number of aryl methyl sites for hydroxylation is 1. The van der Waals surface area contributed by atoms with Gasteiger partial charge in [-0.2, -0.15) is 5.10 Å². The van der Waals surface area contributed by atoms with Gasteiger partial charge in [-0.1, -0.05) is 13.8 Å². The molecule has 0 aromatic carbocycles. The number of nitrogens with one attached hydrogen (secondary N) is 1. The molecule has 1 atom stereocenters. The van der Waals surface area contributed by atoms with E-state index in [1.165, 1.54) is 4.90 Å². The van der Waals surface area contributed by atoms with Crippen molar-refractivity contribution in [3.8, 4) is 22.8 Å². The van der Waals surface area contributed by atoms with E-state index in [2.05, 4.69) is 20.4 Å². The maximum Gasteiger partial charge on any atom is 0.325 e. The fourth-order valence-electron chi connectivity index (χ4n) is 4.01. The third-order valence-electron chi connectivity index (χ3n) is 6.38. The van der Waals surface area contributed by atoms with Crippen LogP contribution in [0, 0.1) is 12.3 Å². The summed E-state index contributed by atoms with van der Waals surface area (Å²) in [6, 6.07) is 6.98. The molecule has 5 heterocycles. The van der Waals surface area contributed by atoms with Crippen LogP contribution < -0.4 is 10.1 Å². The third kappa shape index (κ3) is 4.34. The van der Waals surface area contributed by atoms with Crippen LogP contribution in [-0.4, -0.2) is 61.8 Å². The number of pyridine rings is 2. The van der Waals surface area contributed by atoms with Gasteiger partial charge >= 0.3 is 6.03 Å². The molecule has 3 aromatic rings. The Bertz CT molecular complexity index is 1210. The number of hydrogen-bond donors (Lipinski definition) is 2. The number of rotatable bonds is 5. The summed E-state index contributed by atoms with van der Waals surface area (Å²) in [4.78, 5) is 22.9. The van der Waals surface area contributed by atoms with Gasteiger partial charge in [-0.25, -0.2) is 9.78 Å². The summed E-state index contributed by atoms with van der Waals surface area (Å²) in [7, 11) is 0. The van der Waals surface area contributed by atoms with Crippen molar-refractivity contribution in [2.75, 3.05) is 25.1 Å². The fraction of sp³-hybridized carbons (Fsp3) is 0.417. The molecule has 2 aliphatic rings. The molecule has 3 aromatic heterocycles. The van der Waals surface area contributed by atoms with E-state index in [0.29, 0.717) is 42.8 Å². The molecule has 178 valence electrons. The molecule has 0 bridgehead atoms. The number of aliphatic hydroxyl groups excluding tert-OH is 1. The molecule has 0 aliphatic carbocycles. The highest BCUT2D eigenvalue weighted by atomic mass is 16.5. The smallest absolute Gasteiger partial charge is 0.325 e. The van der Waals surface area contributed by atoms with Gasteiger partial charge in [-0.15, -0.1) is 0 Å². The largest absolute Gasteiger partial charge is 0.455 e. The van der Waals surface area contributed by atoms with Crippen LogP contribution in [0.2, 0.25) is 0 Å². The molecular weight excluding hydrogens is 436 g/mol. The summed E-state index contributed by atoms with van der Waals surface area (Å²) >= 11 is 0. The molecule has 1 unspecified atom stereocenters. The van der Waals surface area contributed by atoms with Gasteiger partial charge in [0.1, 0.15) is 23.5 Å². The first kappa shape index (κ1) is 22.3. The lowest BCUT2D eigenvalue weighted by Crippen LogP contribution is -2.42. The van der Waals surface area contributed by atoms with Crippen LogP contribution in [0.1, 0.15) is 32.0 Å². The highest BCUT2D eigenvalue weighted by Gasteiger charge is 2.41. The van der Waals surface area contributed by atoms with Crippen molar-refractivity contribution in [1.82, 2.24) is 24.6 Å². The minimum absolute atomic E-state index is 0.279. The summed E-state index contributed by atoms with van der Waals surface area (Å²) in [6.45, 7) is 7.55. The molecule has 5 rings (SSSR count). The first-order valence-corrected chi connectivity index (χ1v) is 11.3. The quantitative estimate of drug-likeness (QED) is 0.593. The predicted octanol–water partition coefficient (Wildman–Crippen LogP) is 3.59. The lowest BCUT2D eigenvalue weighted by molar-refractivity contribution is -0.0286. The van der Waals surface area contributed by atoms with Gasteiger partial charge in [0, 0.05) is 36.0 Å². The Labute approximate surface area is 197 Å². The van der Waals surface area contributed by atoms with Gasteiger partial charge in [-0.3, -0.25) is 19.9 Å². The number of amides is 2. The maximum atomic E-state index is 12.6. The number of hydrogen-bond acceptors (Lipinski definition) is 7. The summed E-state index contributed by atoms with van der Waals surface area (Å²) in [5.74, 6) is 1.59. The molecule has 2 aliphatic heterocycles. The van der Waals surface area contributed by atoms with Gasteiger partial charge in [0.2, 0.25) is 0 Å². The Kier molecular flexibility index (Phi) is 5.70. The van der Waals surface area contributed by atoms with Crippen molar-refractivity contribution >= 4 is 11.8 Å². The number of nitrogens with zero attached hydrogens (tertiary/aromatic N) is 5. The van der Waals surface area contributed by atoms with E-state index in [4.69, 9.17) is 9.47 Å². The monoisotopic (exact) mass is 464 g/mol. The Morgan fingerprint density at radius 3 is 2.79 bits per heavy atom. The number of carbonyl (C=O) groups is 1. The first-order chi connectivity index (χ1) is 16.3. The molecule has 34 heavy (non-hydrogen) atoms. The van der Waals surface area contributed by atoms with Crippen LogP contribution in [0.25, 0.3) is 11.3 Å². The summed E-state index contributed by atoms with van der Waals surface area (Å²) in [5, 5.41) is 17.6. The molecular formula is C24H28N6O4. The average Bonchev–Trinajstić information content (AvgIpc) is 3.34.